The van der Waals surface area contributed by atoms with Crippen LogP contribution in [0.2, 0.25) is 0 Å². The van der Waals surface area contributed by atoms with E-state index in [4.69, 9.17) is 18.6 Å². The van der Waals surface area contributed by atoms with Crippen LogP contribution in [0.4, 0.5) is 0 Å². The minimum absolute atomic E-state index is 0.646. The zero-order valence-electron chi connectivity index (χ0n) is 10.4. The van der Waals surface area contributed by atoms with Crippen LogP contribution in [0.1, 0.15) is 25.0 Å². The Morgan fingerprint density at radius 1 is 1.06 bits per heavy atom. The largest absolute Gasteiger partial charge is 0.222 e. The molecule has 0 unspecified atom stereocenters. The van der Waals surface area contributed by atoms with Crippen LogP contribution in [-0.4, -0.2) is 5.75 Å². The summed E-state index contributed by atoms with van der Waals surface area (Å²) in [6.45, 7) is 4.66. The highest BCUT2D eigenvalue weighted by molar-refractivity contribution is 7.95. The standard InChI is InChI=1S/C12H17S.ClHO4/c1-10(2)7-13-8-11-5-3-4-6-12(11)9-13;2-1(3,4)5/h3-6,10H,7-9H2,1-2H3;(H,2,3,4,5)/q+1;/p-1. The minimum Gasteiger partial charge on any atom is -0.222 e. The van der Waals surface area contributed by atoms with Crippen LogP contribution in [0.15, 0.2) is 24.3 Å². The molecule has 102 valence electrons. The van der Waals surface area contributed by atoms with Crippen molar-refractivity contribution in [1.82, 2.24) is 0 Å². The van der Waals surface area contributed by atoms with Crippen molar-refractivity contribution in [3.63, 3.8) is 0 Å². The Kier molecular flexibility index (Phi) is 5.91. The molecule has 0 aliphatic carbocycles. The highest BCUT2D eigenvalue weighted by atomic mass is 35.7. The van der Waals surface area contributed by atoms with Gasteiger partial charge in [-0.3, -0.25) is 0 Å². The molecule has 0 atom stereocenters. The van der Waals surface area contributed by atoms with Gasteiger partial charge in [0.1, 0.15) is 17.3 Å². The fourth-order valence-corrected chi connectivity index (χ4v) is 4.64. The van der Waals surface area contributed by atoms with Crippen LogP contribution in [0, 0.1) is 16.2 Å². The lowest BCUT2D eigenvalue weighted by atomic mass is 10.1. The summed E-state index contributed by atoms with van der Waals surface area (Å²) in [5.74, 6) is 4.95. The second-order valence-electron chi connectivity index (χ2n) is 4.61. The van der Waals surface area contributed by atoms with E-state index < -0.39 is 10.2 Å². The van der Waals surface area contributed by atoms with E-state index in [9.17, 15) is 0 Å². The fourth-order valence-electron chi connectivity index (χ4n) is 1.92. The lowest BCUT2D eigenvalue weighted by Crippen LogP contribution is -2.68. The van der Waals surface area contributed by atoms with Gasteiger partial charge in [-0.15, -0.1) is 10.2 Å². The average Bonchev–Trinajstić information content (AvgIpc) is 2.55. The van der Waals surface area contributed by atoms with Gasteiger partial charge in [0.25, 0.3) is 0 Å². The van der Waals surface area contributed by atoms with Gasteiger partial charge in [0.05, 0.1) is 0 Å². The molecule has 1 aliphatic rings. The monoisotopic (exact) mass is 292 g/mol. The molecule has 0 saturated carbocycles. The first-order chi connectivity index (χ1) is 8.25. The van der Waals surface area contributed by atoms with Crippen molar-refractivity contribution in [3.8, 4) is 0 Å². The summed E-state index contributed by atoms with van der Waals surface area (Å²) in [6.07, 6.45) is 0. The van der Waals surface area contributed by atoms with Gasteiger partial charge in [0, 0.05) is 11.1 Å². The van der Waals surface area contributed by atoms with Crippen molar-refractivity contribution in [2.45, 2.75) is 25.4 Å². The van der Waals surface area contributed by atoms with Gasteiger partial charge in [-0.05, 0) is 16.8 Å². The molecule has 0 bridgehead atoms. The number of hydrogen-bond acceptors (Lipinski definition) is 4. The zero-order valence-corrected chi connectivity index (χ0v) is 12.0. The molecule has 1 aliphatic heterocycles. The molecule has 1 aromatic carbocycles. The number of benzene rings is 1. The van der Waals surface area contributed by atoms with Gasteiger partial charge in [0.2, 0.25) is 0 Å². The van der Waals surface area contributed by atoms with Gasteiger partial charge in [-0.25, -0.2) is 18.6 Å². The normalized spacial score (nSPS) is 15.3. The van der Waals surface area contributed by atoms with Crippen LogP contribution < -0.4 is 18.6 Å². The summed E-state index contributed by atoms with van der Waals surface area (Å²) in [4.78, 5) is 0. The molecule has 1 aromatic rings. The first kappa shape index (κ1) is 15.8. The van der Waals surface area contributed by atoms with E-state index in [1.165, 1.54) is 17.3 Å². The summed E-state index contributed by atoms with van der Waals surface area (Å²) in [7, 11) is -4.30. The van der Waals surface area contributed by atoms with E-state index in [-0.39, 0.29) is 0 Å². The lowest BCUT2D eigenvalue weighted by Gasteiger charge is -2.17. The number of rotatable bonds is 2. The highest BCUT2D eigenvalue weighted by Gasteiger charge is 2.29. The molecule has 0 saturated heterocycles. The maximum atomic E-state index is 8.49. The predicted molar refractivity (Wildman–Crippen MR) is 60.9 cm³/mol. The molecule has 4 nitrogen and oxygen atoms in total. The van der Waals surface area contributed by atoms with E-state index in [1.807, 2.05) is 0 Å². The quantitative estimate of drug-likeness (QED) is 0.602. The van der Waals surface area contributed by atoms with Crippen molar-refractivity contribution in [2.24, 2.45) is 5.92 Å². The Balaban J connectivity index is 0.000000280. The number of halogens is 1. The average molecular weight is 293 g/mol. The zero-order chi connectivity index (χ0) is 13.8. The molecular formula is C12H17ClO4S. The topological polar surface area (TPSA) is 92.2 Å². The second-order valence-corrected chi connectivity index (χ2v) is 7.50. The molecule has 0 N–H and O–H groups in total. The molecule has 0 fully saturated rings. The van der Waals surface area contributed by atoms with Crippen molar-refractivity contribution in [2.75, 3.05) is 5.75 Å². The second kappa shape index (κ2) is 6.75. The third kappa shape index (κ3) is 6.58. The molecule has 0 spiro atoms. The van der Waals surface area contributed by atoms with Crippen molar-refractivity contribution < 1.29 is 28.9 Å². The Hall–Kier alpha value is -0.300. The van der Waals surface area contributed by atoms with Crippen LogP contribution in [-0.2, 0) is 22.4 Å². The lowest BCUT2D eigenvalue weighted by molar-refractivity contribution is -2.00. The molecule has 0 radical (unpaired) electrons. The van der Waals surface area contributed by atoms with Crippen molar-refractivity contribution in [3.05, 3.63) is 35.4 Å². The third-order valence-electron chi connectivity index (χ3n) is 2.41. The van der Waals surface area contributed by atoms with Gasteiger partial charge < -0.3 is 0 Å². The van der Waals surface area contributed by atoms with E-state index >= 15 is 0 Å². The van der Waals surface area contributed by atoms with E-state index in [1.54, 1.807) is 11.1 Å². The Labute approximate surface area is 112 Å². The molecular weight excluding hydrogens is 276 g/mol. The van der Waals surface area contributed by atoms with E-state index in [0.29, 0.717) is 10.9 Å². The Morgan fingerprint density at radius 2 is 1.44 bits per heavy atom. The first-order valence-corrected chi connectivity index (χ1v) is 8.55. The molecule has 1 heterocycles. The molecule has 0 aromatic heterocycles. The molecule has 18 heavy (non-hydrogen) atoms. The highest BCUT2D eigenvalue weighted by Crippen LogP contribution is 2.27. The number of fused-ring (bicyclic) bond motifs is 1. The summed E-state index contributed by atoms with van der Waals surface area (Å²) >= 11 is 0. The van der Waals surface area contributed by atoms with E-state index in [2.05, 4.69) is 38.1 Å². The summed E-state index contributed by atoms with van der Waals surface area (Å²) in [5.41, 5.74) is 3.21. The van der Waals surface area contributed by atoms with Crippen molar-refractivity contribution >= 4 is 10.9 Å². The van der Waals surface area contributed by atoms with Gasteiger partial charge in [-0.1, -0.05) is 38.1 Å². The van der Waals surface area contributed by atoms with Gasteiger partial charge in [-0.2, -0.15) is 0 Å². The predicted octanol–water partition coefficient (Wildman–Crippen LogP) is -1.78. The first-order valence-electron chi connectivity index (χ1n) is 5.58. The smallest absolute Gasteiger partial charge is 0.134 e. The Bertz CT molecular complexity index is 348. The summed E-state index contributed by atoms with van der Waals surface area (Å²) in [6, 6.07) is 8.92. The molecule has 6 heteroatoms. The SMILES string of the molecule is CC(C)C[S+]1Cc2ccccc2C1.[O-][Cl+3]([O-])([O-])[O-]. The minimum atomic E-state index is -4.94. The molecule has 2 rings (SSSR count). The van der Waals surface area contributed by atoms with Gasteiger partial charge in [0.15, 0.2) is 0 Å². The maximum absolute atomic E-state index is 8.49. The van der Waals surface area contributed by atoms with Crippen LogP contribution in [0.5, 0.6) is 0 Å². The third-order valence-corrected chi connectivity index (χ3v) is 4.98. The van der Waals surface area contributed by atoms with Gasteiger partial charge >= 0.3 is 0 Å². The van der Waals surface area contributed by atoms with Crippen molar-refractivity contribution in [1.29, 1.82) is 0 Å². The Morgan fingerprint density at radius 3 is 1.78 bits per heavy atom. The fraction of sp³-hybridized carbons (Fsp3) is 0.500. The van der Waals surface area contributed by atoms with Crippen LogP contribution >= 0.6 is 0 Å². The number of hydrogen-bond donors (Lipinski definition) is 0. The molecule has 0 amide bonds. The van der Waals surface area contributed by atoms with Crippen LogP contribution in [0.3, 0.4) is 0 Å². The van der Waals surface area contributed by atoms with Crippen LogP contribution in [0.25, 0.3) is 0 Å². The summed E-state index contributed by atoms with van der Waals surface area (Å²) in [5, 5.41) is 0. The van der Waals surface area contributed by atoms with E-state index in [0.717, 1.165) is 5.92 Å². The maximum Gasteiger partial charge on any atom is 0.134 e. The summed E-state index contributed by atoms with van der Waals surface area (Å²) < 4.78 is 34.0.